The molecule has 7 aromatic carbocycles. The zero-order chi connectivity index (χ0) is 38.4. The minimum absolute atomic E-state index is 0.735. The molecule has 0 atom stereocenters. The Morgan fingerprint density at radius 2 is 1.14 bits per heavy atom. The Morgan fingerprint density at radius 1 is 0.448 bits per heavy atom. The SMILES string of the molecule is Cc1cccc(C)c1-c1ccc2c3c(C)cccc3c3ccc4nc5c6cc(Oc7ccc8c9cccnc9n9c%10ccccc%10nc9c8c7)ccc6c1c2n5c4c3. The van der Waals surface area contributed by atoms with Gasteiger partial charge in [0.15, 0.2) is 0 Å². The first-order valence-corrected chi connectivity index (χ1v) is 19.8. The molecule has 0 saturated carbocycles. The average molecular weight is 744 g/mol. The van der Waals surface area contributed by atoms with Crippen LogP contribution in [0.4, 0.5) is 0 Å². The molecule has 13 rings (SSSR count). The van der Waals surface area contributed by atoms with Crippen LogP contribution in [0.1, 0.15) is 16.7 Å². The van der Waals surface area contributed by atoms with Crippen molar-refractivity contribution in [2.45, 2.75) is 20.8 Å². The minimum atomic E-state index is 0.735. The number of benzene rings is 7. The van der Waals surface area contributed by atoms with Crippen LogP contribution in [0, 0.1) is 20.8 Å². The number of pyridine rings is 3. The molecule has 2 bridgehead atoms. The van der Waals surface area contributed by atoms with Crippen LogP contribution < -0.4 is 4.74 Å². The third-order valence-electron chi connectivity index (χ3n) is 12.5. The predicted molar refractivity (Wildman–Crippen MR) is 239 cm³/mol. The average Bonchev–Trinajstić information content (AvgIpc) is 3.82. The van der Waals surface area contributed by atoms with Crippen molar-refractivity contribution in [1.82, 2.24) is 23.8 Å². The van der Waals surface area contributed by atoms with E-state index >= 15 is 0 Å². The van der Waals surface area contributed by atoms with Crippen molar-refractivity contribution in [1.29, 1.82) is 0 Å². The van der Waals surface area contributed by atoms with Crippen molar-refractivity contribution in [3.8, 4) is 22.6 Å². The number of hydrogen-bond acceptors (Lipinski definition) is 4. The number of aromatic nitrogens is 5. The molecule has 0 fully saturated rings. The van der Waals surface area contributed by atoms with Crippen LogP contribution >= 0.6 is 0 Å². The number of rotatable bonds is 3. The molecule has 0 unspecified atom stereocenters. The number of nitrogens with zero attached hydrogens (tertiary/aromatic N) is 5. The fourth-order valence-electron chi connectivity index (χ4n) is 10.0. The van der Waals surface area contributed by atoms with Gasteiger partial charge in [-0.2, -0.15) is 0 Å². The van der Waals surface area contributed by atoms with Gasteiger partial charge in [-0.1, -0.05) is 66.7 Å². The molecule has 6 nitrogen and oxygen atoms in total. The Balaban J connectivity index is 1.11. The summed E-state index contributed by atoms with van der Waals surface area (Å²) < 4.78 is 11.4. The van der Waals surface area contributed by atoms with Gasteiger partial charge in [-0.15, -0.1) is 0 Å². The highest BCUT2D eigenvalue weighted by atomic mass is 16.5. The van der Waals surface area contributed by atoms with Gasteiger partial charge in [-0.05, 0) is 148 Å². The van der Waals surface area contributed by atoms with Crippen molar-refractivity contribution in [2.24, 2.45) is 0 Å². The summed E-state index contributed by atoms with van der Waals surface area (Å²) in [6.07, 6.45) is 1.85. The molecule has 6 heteroatoms. The highest BCUT2D eigenvalue weighted by Gasteiger charge is 2.23. The lowest BCUT2D eigenvalue weighted by Crippen LogP contribution is -1.98. The van der Waals surface area contributed by atoms with Gasteiger partial charge < -0.3 is 4.74 Å². The lowest BCUT2D eigenvalue weighted by molar-refractivity contribution is 0.484. The van der Waals surface area contributed by atoms with Crippen molar-refractivity contribution in [2.75, 3.05) is 0 Å². The highest BCUT2D eigenvalue weighted by Crippen LogP contribution is 2.45. The van der Waals surface area contributed by atoms with Crippen molar-refractivity contribution in [3.63, 3.8) is 0 Å². The lowest BCUT2D eigenvalue weighted by atomic mass is 9.88. The Hall–Kier alpha value is -7.57. The second-order valence-corrected chi connectivity index (χ2v) is 15.8. The zero-order valence-corrected chi connectivity index (χ0v) is 32.0. The first-order chi connectivity index (χ1) is 28.5. The molecule has 0 radical (unpaired) electrons. The van der Waals surface area contributed by atoms with Gasteiger partial charge in [0.2, 0.25) is 0 Å². The van der Waals surface area contributed by atoms with E-state index in [1.165, 1.54) is 60.3 Å². The van der Waals surface area contributed by atoms with E-state index in [1.54, 1.807) is 0 Å². The molecule has 0 aliphatic carbocycles. The van der Waals surface area contributed by atoms with Gasteiger partial charge >= 0.3 is 0 Å². The minimum Gasteiger partial charge on any atom is -0.457 e. The van der Waals surface area contributed by atoms with Gasteiger partial charge in [0.1, 0.15) is 28.4 Å². The van der Waals surface area contributed by atoms with E-state index in [9.17, 15) is 0 Å². The summed E-state index contributed by atoms with van der Waals surface area (Å²) in [5.41, 5.74) is 14.1. The molecule has 0 spiro atoms. The quantitative estimate of drug-likeness (QED) is 0.169. The summed E-state index contributed by atoms with van der Waals surface area (Å²) in [6, 6.07) is 49.9. The topological polar surface area (TPSA) is 56.7 Å². The van der Waals surface area contributed by atoms with E-state index in [1.807, 2.05) is 18.3 Å². The molecule has 58 heavy (non-hydrogen) atoms. The van der Waals surface area contributed by atoms with Crippen LogP contribution in [0.3, 0.4) is 0 Å². The molecule has 0 aliphatic heterocycles. The van der Waals surface area contributed by atoms with Gasteiger partial charge in [0.05, 0.1) is 27.6 Å². The monoisotopic (exact) mass is 743 g/mol. The molecule has 0 amide bonds. The van der Waals surface area contributed by atoms with Crippen LogP contribution in [0.5, 0.6) is 11.5 Å². The summed E-state index contributed by atoms with van der Waals surface area (Å²) in [5.74, 6) is 1.48. The normalized spacial score (nSPS) is 12.4. The summed E-state index contributed by atoms with van der Waals surface area (Å²) in [6.45, 7) is 6.67. The third-order valence-corrected chi connectivity index (χ3v) is 12.5. The first-order valence-electron chi connectivity index (χ1n) is 19.8. The van der Waals surface area contributed by atoms with Crippen molar-refractivity contribution < 1.29 is 4.74 Å². The summed E-state index contributed by atoms with van der Waals surface area (Å²) in [7, 11) is 0. The van der Waals surface area contributed by atoms with Crippen LogP contribution in [0.15, 0.2) is 146 Å². The Labute approximate surface area is 331 Å². The predicted octanol–water partition coefficient (Wildman–Crippen LogP) is 13.4. The maximum atomic E-state index is 6.84. The lowest BCUT2D eigenvalue weighted by Gasteiger charge is -2.19. The molecular weight excluding hydrogens is 711 g/mol. The van der Waals surface area contributed by atoms with Crippen molar-refractivity contribution in [3.05, 3.63) is 162 Å². The molecule has 0 aliphatic rings. The van der Waals surface area contributed by atoms with E-state index in [-0.39, 0.29) is 0 Å². The molecule has 0 N–H and O–H groups in total. The second kappa shape index (κ2) is 11.3. The first kappa shape index (κ1) is 31.6. The van der Waals surface area contributed by atoms with Gasteiger partial charge in [-0.3, -0.25) is 8.80 Å². The largest absolute Gasteiger partial charge is 0.457 e. The van der Waals surface area contributed by atoms with Crippen molar-refractivity contribution >= 4 is 98.4 Å². The van der Waals surface area contributed by atoms with Crippen LogP contribution in [-0.4, -0.2) is 23.8 Å². The maximum absolute atomic E-state index is 6.84. The van der Waals surface area contributed by atoms with E-state index in [4.69, 9.17) is 19.7 Å². The molecule has 0 saturated heterocycles. The molecular formula is C52H33N5O. The van der Waals surface area contributed by atoms with E-state index in [0.717, 1.165) is 77.4 Å². The Kier molecular flexibility index (Phi) is 6.14. The highest BCUT2D eigenvalue weighted by molar-refractivity contribution is 6.27. The third kappa shape index (κ3) is 4.13. The van der Waals surface area contributed by atoms with Gasteiger partial charge in [0, 0.05) is 33.1 Å². The summed E-state index contributed by atoms with van der Waals surface area (Å²) in [4.78, 5) is 15.3. The van der Waals surface area contributed by atoms with Gasteiger partial charge in [-0.25, -0.2) is 15.0 Å². The Bertz CT molecular complexity index is 3910. The maximum Gasteiger partial charge on any atom is 0.147 e. The Morgan fingerprint density at radius 3 is 1.98 bits per heavy atom. The fourth-order valence-corrected chi connectivity index (χ4v) is 10.0. The summed E-state index contributed by atoms with van der Waals surface area (Å²) >= 11 is 0. The van der Waals surface area contributed by atoms with Crippen LogP contribution in [0.2, 0.25) is 0 Å². The number of imidazole rings is 2. The van der Waals surface area contributed by atoms with Gasteiger partial charge in [0.25, 0.3) is 0 Å². The smallest absolute Gasteiger partial charge is 0.147 e. The fraction of sp³-hybridized carbons (Fsp3) is 0.0577. The number of hydrogen-bond donors (Lipinski definition) is 0. The summed E-state index contributed by atoms with van der Waals surface area (Å²) in [5, 5.41) is 11.5. The standard InChI is InChI=1S/C52H33N5O/c1-28-9-6-10-29(2)46(28)38-21-22-39-47-30(3)11-7-12-34(47)31-16-23-43-45(25-31)56-49(39)48(38)36-20-18-33(27-41(36)51(56)55-43)58-32-17-19-35-37-13-8-24-53-50(37)57-44-15-5-4-14-42(44)54-52(57)40(35)26-32/h4-27H,1-3H3. The molecule has 13 aromatic rings. The molecule has 6 heterocycles. The number of para-hydroxylation sites is 2. The number of fused-ring (bicyclic) bond motifs is 15. The molecule has 6 aromatic heterocycles. The molecule has 272 valence electrons. The number of ether oxygens (including phenoxy) is 1. The van der Waals surface area contributed by atoms with E-state index < -0.39 is 0 Å². The zero-order valence-electron chi connectivity index (χ0n) is 32.0. The second-order valence-electron chi connectivity index (χ2n) is 15.8. The van der Waals surface area contributed by atoms with E-state index in [0.29, 0.717) is 0 Å². The van der Waals surface area contributed by atoms with Crippen LogP contribution in [0.25, 0.3) is 110 Å². The van der Waals surface area contributed by atoms with E-state index in [2.05, 4.69) is 157 Å². The number of aryl methyl sites for hydroxylation is 3. The van der Waals surface area contributed by atoms with Crippen LogP contribution in [-0.2, 0) is 0 Å².